The van der Waals surface area contributed by atoms with Crippen LogP contribution >= 0.6 is 0 Å². The molecule has 30 heavy (non-hydrogen) atoms. The van der Waals surface area contributed by atoms with Gasteiger partial charge in [-0.3, -0.25) is 9.69 Å². The molecule has 1 fully saturated rings. The van der Waals surface area contributed by atoms with Crippen LogP contribution < -0.4 is 15.4 Å². The Morgan fingerprint density at radius 1 is 1.10 bits per heavy atom. The van der Waals surface area contributed by atoms with E-state index in [4.69, 9.17) is 10.5 Å². The van der Waals surface area contributed by atoms with Crippen LogP contribution in [0.3, 0.4) is 0 Å². The predicted molar refractivity (Wildman–Crippen MR) is 121 cm³/mol. The molecular weight excluding hydrogens is 378 g/mol. The summed E-state index contributed by atoms with van der Waals surface area (Å²) in [6.07, 6.45) is 10.9. The molecule has 0 aliphatic carbocycles. The standard InChI is InChI=1S/C23H39N5O2/c1-3-5-12-27-13-9-11-18(17-27)10-7-8-14-28-20(29)16-19-21(24)25-23(26-22(19)28)30-15-6-4-2/h18H,3-17H2,1-2H3,(H2,24,25,26). The maximum absolute atomic E-state index is 12.5. The minimum absolute atomic E-state index is 0.0696. The Balaban J connectivity index is 1.49. The number of nitrogens with zero attached hydrogens (tertiary/aromatic N) is 4. The highest BCUT2D eigenvalue weighted by Crippen LogP contribution is 2.32. The zero-order valence-corrected chi connectivity index (χ0v) is 18.9. The van der Waals surface area contributed by atoms with Crippen LogP contribution in [-0.2, 0) is 11.2 Å². The molecule has 3 rings (SSSR count). The number of carbonyl (C=O) groups is 1. The lowest BCUT2D eigenvalue weighted by Crippen LogP contribution is -2.36. The molecule has 0 bridgehead atoms. The Bertz CT molecular complexity index is 696. The number of likely N-dealkylation sites (tertiary alicyclic amines) is 1. The third-order valence-corrected chi connectivity index (χ3v) is 6.29. The first-order valence-electron chi connectivity index (χ1n) is 11.9. The number of hydrogen-bond acceptors (Lipinski definition) is 6. The van der Waals surface area contributed by atoms with Crippen LogP contribution in [0.5, 0.6) is 6.01 Å². The van der Waals surface area contributed by atoms with E-state index in [-0.39, 0.29) is 11.9 Å². The van der Waals surface area contributed by atoms with Crippen LogP contribution in [-0.4, -0.2) is 53.6 Å². The van der Waals surface area contributed by atoms with E-state index in [0.717, 1.165) is 37.2 Å². The molecule has 3 heterocycles. The fraction of sp³-hybridized carbons (Fsp3) is 0.783. The summed E-state index contributed by atoms with van der Waals surface area (Å²) in [7, 11) is 0. The first-order valence-corrected chi connectivity index (χ1v) is 11.9. The molecule has 0 saturated carbocycles. The minimum atomic E-state index is 0.0696. The molecule has 1 unspecified atom stereocenters. The average molecular weight is 418 g/mol. The maximum atomic E-state index is 12.5. The van der Waals surface area contributed by atoms with Crippen LogP contribution in [0.4, 0.5) is 11.6 Å². The van der Waals surface area contributed by atoms with E-state index in [1.165, 1.54) is 51.7 Å². The lowest BCUT2D eigenvalue weighted by molar-refractivity contribution is -0.117. The fourth-order valence-corrected chi connectivity index (χ4v) is 4.50. The van der Waals surface area contributed by atoms with Crippen molar-refractivity contribution in [2.45, 2.75) is 78.1 Å². The third kappa shape index (κ3) is 6.06. The highest BCUT2D eigenvalue weighted by molar-refractivity contribution is 6.01. The molecule has 0 spiro atoms. The number of piperidine rings is 1. The molecule has 1 aromatic rings. The second kappa shape index (κ2) is 11.5. The first kappa shape index (κ1) is 22.8. The van der Waals surface area contributed by atoms with Crippen LogP contribution in [0.1, 0.15) is 77.2 Å². The largest absolute Gasteiger partial charge is 0.463 e. The van der Waals surface area contributed by atoms with E-state index in [1.54, 1.807) is 4.90 Å². The molecule has 2 aliphatic heterocycles. The number of amides is 1. The quantitative estimate of drug-likeness (QED) is 0.521. The molecule has 1 amide bonds. The van der Waals surface area contributed by atoms with E-state index in [2.05, 4.69) is 28.7 Å². The van der Waals surface area contributed by atoms with Gasteiger partial charge >= 0.3 is 6.01 Å². The lowest BCUT2D eigenvalue weighted by Gasteiger charge is -2.32. The zero-order chi connectivity index (χ0) is 21.3. The summed E-state index contributed by atoms with van der Waals surface area (Å²) < 4.78 is 5.63. The van der Waals surface area contributed by atoms with Crippen molar-refractivity contribution in [1.29, 1.82) is 0 Å². The molecule has 1 aromatic heterocycles. The first-order chi connectivity index (χ1) is 14.6. The molecule has 1 saturated heterocycles. The van der Waals surface area contributed by atoms with Gasteiger partial charge < -0.3 is 15.4 Å². The van der Waals surface area contributed by atoms with Gasteiger partial charge in [-0.2, -0.15) is 9.97 Å². The minimum Gasteiger partial charge on any atom is -0.463 e. The zero-order valence-electron chi connectivity index (χ0n) is 18.9. The van der Waals surface area contributed by atoms with Crippen molar-refractivity contribution in [2.75, 3.05) is 43.4 Å². The molecule has 7 heteroatoms. The number of fused-ring (bicyclic) bond motifs is 1. The van der Waals surface area contributed by atoms with Gasteiger partial charge in [0.25, 0.3) is 0 Å². The molecule has 7 nitrogen and oxygen atoms in total. The highest BCUT2D eigenvalue weighted by Gasteiger charge is 2.32. The molecule has 0 radical (unpaired) electrons. The summed E-state index contributed by atoms with van der Waals surface area (Å²) >= 11 is 0. The SMILES string of the molecule is CCCCOc1nc(N)c2c(n1)N(CCCCC1CCCN(CCCC)C1)C(=O)C2. The van der Waals surface area contributed by atoms with Gasteiger partial charge in [0, 0.05) is 18.7 Å². The van der Waals surface area contributed by atoms with Gasteiger partial charge in [-0.1, -0.05) is 33.1 Å². The number of rotatable bonds is 12. The molecular formula is C23H39N5O2. The molecule has 2 N–H and O–H groups in total. The summed E-state index contributed by atoms with van der Waals surface area (Å²) in [5.41, 5.74) is 6.84. The number of aromatic nitrogens is 2. The van der Waals surface area contributed by atoms with Crippen molar-refractivity contribution in [2.24, 2.45) is 5.92 Å². The second-order valence-corrected chi connectivity index (χ2v) is 8.78. The summed E-state index contributed by atoms with van der Waals surface area (Å²) in [6.45, 7) is 9.39. The topological polar surface area (TPSA) is 84.6 Å². The Hall–Kier alpha value is -1.89. The summed E-state index contributed by atoms with van der Waals surface area (Å²) in [6, 6.07) is 0.286. The number of unbranched alkanes of at least 4 members (excludes halogenated alkanes) is 3. The normalized spacial score (nSPS) is 19.3. The van der Waals surface area contributed by atoms with Crippen LogP contribution in [0.15, 0.2) is 0 Å². The van der Waals surface area contributed by atoms with E-state index >= 15 is 0 Å². The number of ether oxygens (including phenoxy) is 1. The van der Waals surface area contributed by atoms with Crippen molar-refractivity contribution in [1.82, 2.24) is 14.9 Å². The highest BCUT2D eigenvalue weighted by atomic mass is 16.5. The number of nitrogens with two attached hydrogens (primary N) is 1. The number of carbonyl (C=O) groups excluding carboxylic acids is 1. The Morgan fingerprint density at radius 2 is 1.93 bits per heavy atom. The number of nitrogen functional groups attached to an aromatic ring is 1. The lowest BCUT2D eigenvalue weighted by atomic mass is 9.92. The van der Waals surface area contributed by atoms with Crippen LogP contribution in [0.2, 0.25) is 0 Å². The van der Waals surface area contributed by atoms with Crippen molar-refractivity contribution in [3.05, 3.63) is 5.56 Å². The van der Waals surface area contributed by atoms with Gasteiger partial charge in [0.15, 0.2) is 0 Å². The van der Waals surface area contributed by atoms with Gasteiger partial charge in [-0.05, 0) is 57.5 Å². The van der Waals surface area contributed by atoms with Crippen molar-refractivity contribution in [3.8, 4) is 6.01 Å². The summed E-state index contributed by atoms with van der Waals surface area (Å²) in [5, 5.41) is 0. The van der Waals surface area contributed by atoms with Gasteiger partial charge in [-0.25, -0.2) is 0 Å². The van der Waals surface area contributed by atoms with E-state index in [1.807, 2.05) is 0 Å². The van der Waals surface area contributed by atoms with Crippen molar-refractivity contribution in [3.63, 3.8) is 0 Å². The van der Waals surface area contributed by atoms with Crippen molar-refractivity contribution >= 4 is 17.5 Å². The molecule has 0 aromatic carbocycles. The summed E-state index contributed by atoms with van der Waals surface area (Å²) in [5.74, 6) is 1.90. The average Bonchev–Trinajstić information content (AvgIpc) is 3.06. The number of anilines is 2. The van der Waals surface area contributed by atoms with E-state index in [9.17, 15) is 4.79 Å². The van der Waals surface area contributed by atoms with Gasteiger partial charge in [0.2, 0.25) is 5.91 Å². The Labute approximate surface area is 181 Å². The Morgan fingerprint density at radius 3 is 2.73 bits per heavy atom. The van der Waals surface area contributed by atoms with E-state index < -0.39 is 0 Å². The molecule has 1 atom stereocenters. The van der Waals surface area contributed by atoms with Crippen molar-refractivity contribution < 1.29 is 9.53 Å². The van der Waals surface area contributed by atoms with Gasteiger partial charge in [0.1, 0.15) is 11.6 Å². The predicted octanol–water partition coefficient (Wildman–Crippen LogP) is 3.81. The molecule has 2 aliphatic rings. The smallest absolute Gasteiger partial charge is 0.320 e. The third-order valence-electron chi connectivity index (χ3n) is 6.29. The van der Waals surface area contributed by atoms with Gasteiger partial charge in [-0.15, -0.1) is 0 Å². The van der Waals surface area contributed by atoms with Gasteiger partial charge in [0.05, 0.1) is 13.0 Å². The molecule has 168 valence electrons. The van der Waals surface area contributed by atoms with Crippen LogP contribution in [0.25, 0.3) is 0 Å². The van der Waals surface area contributed by atoms with E-state index in [0.29, 0.717) is 31.2 Å². The monoisotopic (exact) mass is 417 g/mol. The number of hydrogen-bond donors (Lipinski definition) is 1. The Kier molecular flexibility index (Phi) is 8.73. The maximum Gasteiger partial charge on any atom is 0.320 e. The van der Waals surface area contributed by atoms with Crippen LogP contribution in [0, 0.1) is 5.92 Å². The second-order valence-electron chi connectivity index (χ2n) is 8.78. The summed E-state index contributed by atoms with van der Waals surface area (Å²) in [4.78, 5) is 25.7. The fourth-order valence-electron chi connectivity index (χ4n) is 4.50.